The minimum atomic E-state index is 0. The molecule has 62 valence electrons. The number of rotatable bonds is 1. The summed E-state index contributed by atoms with van der Waals surface area (Å²) in [6.45, 7) is 0. The largest absolute Gasteiger partial charge is 0.326 e. The third-order valence-electron chi connectivity index (χ3n) is 1.99. The van der Waals surface area contributed by atoms with Crippen molar-refractivity contribution in [2.24, 2.45) is 5.73 Å². The summed E-state index contributed by atoms with van der Waals surface area (Å²) in [5.74, 6) is 0. The Bertz CT molecular complexity index is 91.8. The van der Waals surface area contributed by atoms with Gasteiger partial charge < -0.3 is 10.9 Å². The predicted molar refractivity (Wildman–Crippen MR) is 42.4 cm³/mol. The van der Waals surface area contributed by atoms with E-state index in [-0.39, 0.29) is 24.5 Å². The van der Waals surface area contributed by atoms with Crippen LogP contribution in [0.1, 0.15) is 25.7 Å². The summed E-state index contributed by atoms with van der Waals surface area (Å²) in [7, 11) is 0. The van der Waals surface area contributed by atoms with E-state index in [2.05, 4.69) is 5.48 Å². The lowest BCUT2D eigenvalue weighted by Gasteiger charge is -2.26. The van der Waals surface area contributed by atoms with Gasteiger partial charge in [-0.05, 0) is 12.8 Å². The minimum absolute atomic E-state index is 0. The highest BCUT2D eigenvalue weighted by Crippen LogP contribution is 2.15. The van der Waals surface area contributed by atoms with Gasteiger partial charge in [-0.3, -0.25) is 0 Å². The Morgan fingerprint density at radius 3 is 2.30 bits per heavy atom. The van der Waals surface area contributed by atoms with E-state index < -0.39 is 0 Å². The third-order valence-corrected chi connectivity index (χ3v) is 1.99. The lowest BCUT2D eigenvalue weighted by molar-refractivity contribution is 0.0966. The van der Waals surface area contributed by atoms with Crippen LogP contribution in [0.3, 0.4) is 0 Å². The maximum absolute atomic E-state index is 8.53. The lowest BCUT2D eigenvalue weighted by atomic mass is 9.92. The van der Waals surface area contributed by atoms with Crippen LogP contribution in [-0.4, -0.2) is 17.3 Å². The fourth-order valence-electron chi connectivity index (χ4n) is 1.32. The van der Waals surface area contributed by atoms with E-state index in [0.717, 1.165) is 12.8 Å². The van der Waals surface area contributed by atoms with Crippen LogP contribution in [-0.2, 0) is 0 Å². The number of hydroxylamine groups is 1. The van der Waals surface area contributed by atoms with Gasteiger partial charge in [-0.1, -0.05) is 12.8 Å². The molecule has 1 aliphatic carbocycles. The number of hydrogen-bond donors (Lipinski definition) is 3. The Labute approximate surface area is 67.3 Å². The topological polar surface area (TPSA) is 58.3 Å². The molecule has 0 unspecified atom stereocenters. The second-order valence-electron chi connectivity index (χ2n) is 2.68. The molecule has 0 saturated heterocycles. The van der Waals surface area contributed by atoms with Crippen LogP contribution in [0.2, 0.25) is 0 Å². The van der Waals surface area contributed by atoms with Gasteiger partial charge in [0.05, 0.1) is 0 Å². The number of hydrogen-bond acceptors (Lipinski definition) is 3. The molecule has 4 N–H and O–H groups in total. The van der Waals surface area contributed by atoms with E-state index in [1.165, 1.54) is 12.8 Å². The van der Waals surface area contributed by atoms with Crippen LogP contribution in [0.4, 0.5) is 0 Å². The van der Waals surface area contributed by atoms with Gasteiger partial charge in [-0.25, -0.2) is 5.48 Å². The van der Waals surface area contributed by atoms with Crippen molar-refractivity contribution in [2.45, 2.75) is 37.8 Å². The Kier molecular flexibility index (Phi) is 4.99. The zero-order valence-corrected chi connectivity index (χ0v) is 6.73. The van der Waals surface area contributed by atoms with E-state index in [4.69, 9.17) is 10.9 Å². The van der Waals surface area contributed by atoms with Crippen molar-refractivity contribution in [3.8, 4) is 0 Å². The third kappa shape index (κ3) is 2.42. The molecule has 4 heteroatoms. The van der Waals surface area contributed by atoms with Crippen molar-refractivity contribution in [2.75, 3.05) is 0 Å². The molecule has 0 aromatic carbocycles. The molecule has 10 heavy (non-hydrogen) atoms. The highest BCUT2D eigenvalue weighted by molar-refractivity contribution is 5.85. The summed E-state index contributed by atoms with van der Waals surface area (Å²) < 4.78 is 0. The first-order chi connectivity index (χ1) is 4.34. The Morgan fingerprint density at radius 2 is 1.90 bits per heavy atom. The zero-order valence-electron chi connectivity index (χ0n) is 5.92. The molecule has 1 saturated carbocycles. The Morgan fingerprint density at radius 1 is 1.30 bits per heavy atom. The smallest absolute Gasteiger partial charge is 0.0470 e. The summed E-state index contributed by atoms with van der Waals surface area (Å²) in [6.07, 6.45) is 4.45. The molecule has 0 spiro atoms. The number of nitrogens with one attached hydrogen (secondary N) is 1. The summed E-state index contributed by atoms with van der Waals surface area (Å²) >= 11 is 0. The van der Waals surface area contributed by atoms with Gasteiger partial charge in [0, 0.05) is 12.1 Å². The summed E-state index contributed by atoms with van der Waals surface area (Å²) in [6, 6.07) is 0.294. The highest BCUT2D eigenvalue weighted by Gasteiger charge is 2.19. The van der Waals surface area contributed by atoms with E-state index in [9.17, 15) is 0 Å². The predicted octanol–water partition coefficient (Wildman–Crippen LogP) is 0.657. The summed E-state index contributed by atoms with van der Waals surface area (Å²) in [5, 5.41) is 8.53. The summed E-state index contributed by atoms with van der Waals surface area (Å²) in [5.41, 5.74) is 7.90. The van der Waals surface area contributed by atoms with E-state index in [1.807, 2.05) is 0 Å². The monoisotopic (exact) mass is 166 g/mol. The van der Waals surface area contributed by atoms with E-state index >= 15 is 0 Å². The molecule has 0 aliphatic heterocycles. The van der Waals surface area contributed by atoms with Crippen LogP contribution in [0.25, 0.3) is 0 Å². The van der Waals surface area contributed by atoms with Crippen molar-refractivity contribution in [1.82, 2.24) is 5.48 Å². The molecule has 0 amide bonds. The van der Waals surface area contributed by atoms with Crippen LogP contribution in [0.5, 0.6) is 0 Å². The molecule has 1 aliphatic rings. The van der Waals surface area contributed by atoms with Gasteiger partial charge in [0.15, 0.2) is 0 Å². The lowest BCUT2D eigenvalue weighted by Crippen LogP contribution is -2.45. The molecule has 0 bridgehead atoms. The van der Waals surface area contributed by atoms with Gasteiger partial charge in [0.1, 0.15) is 0 Å². The fraction of sp³-hybridized carbons (Fsp3) is 1.00. The van der Waals surface area contributed by atoms with E-state index in [1.54, 1.807) is 0 Å². The maximum Gasteiger partial charge on any atom is 0.0470 e. The molecule has 2 atom stereocenters. The molecule has 0 aromatic heterocycles. The molecular weight excluding hydrogens is 152 g/mol. The van der Waals surface area contributed by atoms with Crippen molar-refractivity contribution < 1.29 is 5.21 Å². The van der Waals surface area contributed by atoms with Gasteiger partial charge >= 0.3 is 0 Å². The van der Waals surface area contributed by atoms with Crippen molar-refractivity contribution in [1.29, 1.82) is 0 Å². The van der Waals surface area contributed by atoms with Crippen molar-refractivity contribution in [3.05, 3.63) is 0 Å². The number of nitrogens with two attached hydrogens (primary N) is 1. The molecule has 1 fully saturated rings. The Balaban J connectivity index is 0.000000810. The van der Waals surface area contributed by atoms with Crippen molar-refractivity contribution >= 4 is 12.4 Å². The zero-order chi connectivity index (χ0) is 6.69. The van der Waals surface area contributed by atoms with E-state index in [0.29, 0.717) is 0 Å². The molecular formula is C6H15ClN2O. The molecule has 0 radical (unpaired) electrons. The summed E-state index contributed by atoms with van der Waals surface area (Å²) in [4.78, 5) is 0. The number of halogens is 1. The van der Waals surface area contributed by atoms with Gasteiger partial charge in [0.2, 0.25) is 0 Å². The average molecular weight is 167 g/mol. The van der Waals surface area contributed by atoms with Crippen LogP contribution < -0.4 is 11.2 Å². The maximum atomic E-state index is 8.53. The van der Waals surface area contributed by atoms with Crippen molar-refractivity contribution in [3.63, 3.8) is 0 Å². The quantitative estimate of drug-likeness (QED) is 0.502. The first kappa shape index (κ1) is 10.2. The first-order valence-corrected chi connectivity index (χ1v) is 3.50. The molecule has 3 nitrogen and oxygen atoms in total. The minimum Gasteiger partial charge on any atom is -0.326 e. The fourth-order valence-corrected chi connectivity index (χ4v) is 1.32. The highest BCUT2D eigenvalue weighted by atomic mass is 35.5. The first-order valence-electron chi connectivity index (χ1n) is 3.50. The molecule has 1 rings (SSSR count). The second kappa shape index (κ2) is 4.91. The molecule has 0 heterocycles. The SMILES string of the molecule is Cl.N[C@@H]1CCCC[C@H]1NO. The van der Waals surface area contributed by atoms with Gasteiger partial charge in [-0.2, -0.15) is 0 Å². The standard InChI is InChI=1S/C6H14N2O.ClH/c7-5-3-1-2-4-6(5)8-9;/h5-6,8-9H,1-4,7H2;1H/t5-,6-;/m1./s1. The van der Waals surface area contributed by atoms with Gasteiger partial charge in [-0.15, -0.1) is 12.4 Å². The average Bonchev–Trinajstić information content (AvgIpc) is 1.89. The van der Waals surface area contributed by atoms with Crippen LogP contribution >= 0.6 is 12.4 Å². The normalized spacial score (nSPS) is 33.0. The van der Waals surface area contributed by atoms with Crippen LogP contribution in [0, 0.1) is 0 Å². The van der Waals surface area contributed by atoms with Gasteiger partial charge in [0.25, 0.3) is 0 Å². The van der Waals surface area contributed by atoms with Crippen LogP contribution in [0.15, 0.2) is 0 Å². The second-order valence-corrected chi connectivity index (χ2v) is 2.68. The molecule has 0 aromatic rings. The Hall–Kier alpha value is 0.170.